The van der Waals surface area contributed by atoms with Crippen LogP contribution in [0, 0.1) is 0 Å². The van der Waals surface area contributed by atoms with Crippen LogP contribution >= 0.6 is 0 Å². The number of nitrogens with two attached hydrogens (primary N) is 1. The van der Waals surface area contributed by atoms with Crippen LogP contribution in [0.1, 0.15) is 11.1 Å². The Balaban J connectivity index is 2.16. The number of aromatic nitrogens is 1. The lowest BCUT2D eigenvalue weighted by atomic mass is 10.1. The fraction of sp³-hybridized carbons (Fsp3) is 0.143. The zero-order valence-electron chi connectivity index (χ0n) is 10.7. The normalized spacial score (nSPS) is 11.3. The molecule has 0 bridgehead atoms. The van der Waals surface area contributed by atoms with Crippen LogP contribution in [0.4, 0.5) is 5.69 Å². The summed E-state index contributed by atoms with van der Waals surface area (Å²) in [5.74, 6) is 0.119. The standard InChI is InChI=1S/C14H16N4O/c1-18(13-5-7-16-8-6-13)10-11-3-2-4-12(9-11)14(15)17-19/h2-9,19H,10H2,1H3,(H2,15,17). The Morgan fingerprint density at radius 3 is 2.74 bits per heavy atom. The first-order valence-electron chi connectivity index (χ1n) is 5.88. The zero-order chi connectivity index (χ0) is 13.7. The van der Waals surface area contributed by atoms with Crippen molar-refractivity contribution < 1.29 is 5.21 Å². The van der Waals surface area contributed by atoms with Gasteiger partial charge in [0.1, 0.15) is 0 Å². The molecular formula is C14H16N4O. The lowest BCUT2D eigenvalue weighted by Crippen LogP contribution is -2.17. The zero-order valence-corrected chi connectivity index (χ0v) is 10.7. The molecule has 98 valence electrons. The predicted molar refractivity (Wildman–Crippen MR) is 75.3 cm³/mol. The molecule has 3 N–H and O–H groups in total. The molecule has 0 fully saturated rings. The van der Waals surface area contributed by atoms with E-state index in [1.807, 2.05) is 43.4 Å². The molecule has 0 aliphatic heterocycles. The van der Waals surface area contributed by atoms with Crippen molar-refractivity contribution in [1.29, 1.82) is 0 Å². The maximum atomic E-state index is 8.68. The Labute approximate surface area is 112 Å². The SMILES string of the molecule is CN(Cc1cccc(C(N)=NO)c1)c1ccncc1. The molecule has 0 atom stereocenters. The van der Waals surface area contributed by atoms with E-state index in [4.69, 9.17) is 10.9 Å². The quantitative estimate of drug-likeness (QED) is 0.378. The van der Waals surface area contributed by atoms with Gasteiger partial charge in [-0.3, -0.25) is 4.98 Å². The minimum absolute atomic E-state index is 0.119. The molecule has 0 amide bonds. The third kappa shape index (κ3) is 3.22. The first kappa shape index (κ1) is 12.9. The number of benzene rings is 1. The third-order valence-corrected chi connectivity index (χ3v) is 2.85. The molecule has 1 aromatic carbocycles. The van der Waals surface area contributed by atoms with Crippen molar-refractivity contribution in [2.75, 3.05) is 11.9 Å². The van der Waals surface area contributed by atoms with Crippen molar-refractivity contribution in [2.45, 2.75) is 6.54 Å². The van der Waals surface area contributed by atoms with Crippen molar-refractivity contribution in [1.82, 2.24) is 4.98 Å². The number of pyridine rings is 1. The molecule has 0 radical (unpaired) electrons. The monoisotopic (exact) mass is 256 g/mol. The van der Waals surface area contributed by atoms with Crippen molar-refractivity contribution in [2.24, 2.45) is 10.9 Å². The van der Waals surface area contributed by atoms with E-state index in [1.165, 1.54) is 0 Å². The van der Waals surface area contributed by atoms with Crippen LogP contribution in [-0.4, -0.2) is 23.1 Å². The fourth-order valence-corrected chi connectivity index (χ4v) is 1.85. The van der Waals surface area contributed by atoms with Crippen molar-refractivity contribution >= 4 is 11.5 Å². The highest BCUT2D eigenvalue weighted by Crippen LogP contribution is 2.14. The fourth-order valence-electron chi connectivity index (χ4n) is 1.85. The lowest BCUT2D eigenvalue weighted by molar-refractivity contribution is 0.318. The van der Waals surface area contributed by atoms with E-state index in [1.54, 1.807) is 12.4 Å². The topological polar surface area (TPSA) is 74.7 Å². The molecule has 0 saturated carbocycles. The lowest BCUT2D eigenvalue weighted by Gasteiger charge is -2.19. The summed E-state index contributed by atoms with van der Waals surface area (Å²) in [7, 11) is 2.01. The van der Waals surface area contributed by atoms with Gasteiger partial charge >= 0.3 is 0 Å². The number of hydrogen-bond acceptors (Lipinski definition) is 4. The van der Waals surface area contributed by atoms with Gasteiger partial charge in [-0.05, 0) is 23.8 Å². The molecule has 0 aliphatic carbocycles. The highest BCUT2D eigenvalue weighted by molar-refractivity contribution is 5.97. The van der Waals surface area contributed by atoms with E-state index >= 15 is 0 Å². The maximum absolute atomic E-state index is 8.68. The Morgan fingerprint density at radius 1 is 1.32 bits per heavy atom. The molecule has 19 heavy (non-hydrogen) atoms. The van der Waals surface area contributed by atoms with Gasteiger partial charge in [0, 0.05) is 37.2 Å². The average molecular weight is 256 g/mol. The number of hydrogen-bond donors (Lipinski definition) is 2. The second kappa shape index (κ2) is 5.86. The van der Waals surface area contributed by atoms with Gasteiger partial charge in [0.05, 0.1) is 0 Å². The van der Waals surface area contributed by atoms with Crippen molar-refractivity contribution in [3.63, 3.8) is 0 Å². The summed E-state index contributed by atoms with van der Waals surface area (Å²) in [6.07, 6.45) is 3.53. The molecule has 1 aromatic heterocycles. The summed E-state index contributed by atoms with van der Waals surface area (Å²) in [6, 6.07) is 11.5. The predicted octanol–water partition coefficient (Wildman–Crippen LogP) is 1.81. The van der Waals surface area contributed by atoms with Gasteiger partial charge in [-0.2, -0.15) is 0 Å². The van der Waals surface area contributed by atoms with Crippen LogP contribution < -0.4 is 10.6 Å². The number of oxime groups is 1. The van der Waals surface area contributed by atoms with Gasteiger partial charge in [-0.25, -0.2) is 0 Å². The van der Waals surface area contributed by atoms with Crippen LogP contribution in [0.2, 0.25) is 0 Å². The number of nitrogens with zero attached hydrogens (tertiary/aromatic N) is 3. The van der Waals surface area contributed by atoms with Crippen molar-refractivity contribution in [3.8, 4) is 0 Å². The third-order valence-electron chi connectivity index (χ3n) is 2.85. The van der Waals surface area contributed by atoms with Crippen LogP contribution in [0.5, 0.6) is 0 Å². The number of rotatable bonds is 4. The largest absolute Gasteiger partial charge is 0.409 e. The maximum Gasteiger partial charge on any atom is 0.170 e. The van der Waals surface area contributed by atoms with Gasteiger partial charge in [0.2, 0.25) is 0 Å². The van der Waals surface area contributed by atoms with Gasteiger partial charge in [-0.1, -0.05) is 23.4 Å². The molecule has 0 spiro atoms. The van der Waals surface area contributed by atoms with Gasteiger partial charge in [-0.15, -0.1) is 0 Å². The molecule has 5 heteroatoms. The summed E-state index contributed by atoms with van der Waals surface area (Å²) in [5.41, 5.74) is 8.47. The number of anilines is 1. The molecule has 0 saturated heterocycles. The summed E-state index contributed by atoms with van der Waals surface area (Å²) in [5, 5.41) is 11.7. The molecule has 1 heterocycles. The molecule has 0 unspecified atom stereocenters. The van der Waals surface area contributed by atoms with Crippen LogP contribution in [0.25, 0.3) is 0 Å². The summed E-state index contributed by atoms with van der Waals surface area (Å²) in [4.78, 5) is 6.10. The molecular weight excluding hydrogens is 240 g/mol. The van der Waals surface area contributed by atoms with Crippen molar-refractivity contribution in [3.05, 3.63) is 59.9 Å². The average Bonchev–Trinajstić information content (AvgIpc) is 2.47. The minimum atomic E-state index is 0.119. The van der Waals surface area contributed by atoms with Crippen LogP contribution in [0.3, 0.4) is 0 Å². The Hall–Kier alpha value is -2.56. The van der Waals surface area contributed by atoms with E-state index in [0.717, 1.165) is 17.8 Å². The summed E-state index contributed by atoms with van der Waals surface area (Å²) in [6.45, 7) is 0.733. The van der Waals surface area contributed by atoms with Crippen LogP contribution in [-0.2, 0) is 6.54 Å². The first-order chi connectivity index (χ1) is 9.20. The smallest absolute Gasteiger partial charge is 0.170 e. The van der Waals surface area contributed by atoms with Gasteiger partial charge in [0.25, 0.3) is 0 Å². The Bertz CT molecular complexity index is 569. The Morgan fingerprint density at radius 2 is 2.05 bits per heavy atom. The van der Waals surface area contributed by atoms with Crippen LogP contribution in [0.15, 0.2) is 53.9 Å². The van der Waals surface area contributed by atoms with E-state index in [-0.39, 0.29) is 5.84 Å². The second-order valence-electron chi connectivity index (χ2n) is 4.25. The highest BCUT2D eigenvalue weighted by atomic mass is 16.4. The molecule has 0 aliphatic rings. The van der Waals surface area contributed by atoms with E-state index < -0.39 is 0 Å². The molecule has 2 aromatic rings. The van der Waals surface area contributed by atoms with Gasteiger partial charge in [0.15, 0.2) is 5.84 Å². The number of amidine groups is 1. The second-order valence-corrected chi connectivity index (χ2v) is 4.25. The highest BCUT2D eigenvalue weighted by Gasteiger charge is 2.04. The summed E-state index contributed by atoms with van der Waals surface area (Å²) < 4.78 is 0. The van der Waals surface area contributed by atoms with E-state index in [0.29, 0.717) is 5.56 Å². The molecule has 2 rings (SSSR count). The Kier molecular flexibility index (Phi) is 3.97. The summed E-state index contributed by atoms with van der Waals surface area (Å²) >= 11 is 0. The van der Waals surface area contributed by atoms with Gasteiger partial charge < -0.3 is 15.8 Å². The van der Waals surface area contributed by atoms with E-state index in [2.05, 4.69) is 15.0 Å². The van der Waals surface area contributed by atoms with E-state index in [9.17, 15) is 0 Å². The first-order valence-corrected chi connectivity index (χ1v) is 5.88. The minimum Gasteiger partial charge on any atom is -0.409 e. The molecule has 5 nitrogen and oxygen atoms in total.